The van der Waals surface area contributed by atoms with Crippen LogP contribution < -0.4 is 10.9 Å². The maximum atomic E-state index is 15.0. The SMILES string of the molecule is CC[C@H](Nc1c(Cl)c(C)nc2cc(F)c(-c3cnc(P(C)(C)=O)nc3)nc12)c1ncccc1F. The van der Waals surface area contributed by atoms with Crippen molar-refractivity contribution in [2.45, 2.75) is 26.3 Å². The van der Waals surface area contributed by atoms with Crippen LogP contribution in [0.5, 0.6) is 0 Å². The minimum Gasteiger partial charge on any atom is -0.373 e. The van der Waals surface area contributed by atoms with Gasteiger partial charge in [-0.15, -0.1) is 0 Å². The van der Waals surface area contributed by atoms with E-state index >= 15 is 4.39 Å². The maximum Gasteiger partial charge on any atom is 0.188 e. The third-order valence-corrected chi connectivity index (χ3v) is 6.91. The Hall–Kier alpha value is -3.03. The second-order valence-corrected chi connectivity index (χ2v) is 11.7. The molecule has 4 rings (SSSR count). The molecule has 0 bridgehead atoms. The molecule has 0 aromatic carbocycles. The van der Waals surface area contributed by atoms with Gasteiger partial charge in [-0.1, -0.05) is 18.5 Å². The molecule has 1 atom stereocenters. The largest absolute Gasteiger partial charge is 0.373 e. The highest BCUT2D eigenvalue weighted by molar-refractivity contribution is 7.69. The van der Waals surface area contributed by atoms with Gasteiger partial charge in [0.1, 0.15) is 24.2 Å². The fourth-order valence-electron chi connectivity index (χ4n) is 3.51. The Morgan fingerprint density at radius 3 is 2.44 bits per heavy atom. The number of rotatable bonds is 6. The maximum absolute atomic E-state index is 15.0. The predicted molar refractivity (Wildman–Crippen MR) is 130 cm³/mol. The van der Waals surface area contributed by atoms with Gasteiger partial charge < -0.3 is 9.88 Å². The molecule has 7 nitrogen and oxygen atoms in total. The van der Waals surface area contributed by atoms with Crippen LogP contribution in [0, 0.1) is 18.6 Å². The molecule has 0 spiro atoms. The first kappa shape index (κ1) is 24.1. The smallest absolute Gasteiger partial charge is 0.188 e. The zero-order valence-corrected chi connectivity index (χ0v) is 20.6. The van der Waals surface area contributed by atoms with E-state index in [4.69, 9.17) is 11.6 Å². The average Bonchev–Trinajstić information content (AvgIpc) is 2.80. The molecular formula is C23H22ClF2N6OP. The van der Waals surface area contributed by atoms with E-state index in [-0.39, 0.29) is 27.5 Å². The highest BCUT2D eigenvalue weighted by Crippen LogP contribution is 2.37. The van der Waals surface area contributed by atoms with Crippen molar-refractivity contribution in [2.75, 3.05) is 18.6 Å². The molecule has 4 aromatic heterocycles. The number of hydrogen-bond donors (Lipinski definition) is 1. The minimum absolute atomic E-state index is 0.0112. The lowest BCUT2D eigenvalue weighted by molar-refractivity contribution is 0.572. The molecule has 0 amide bonds. The van der Waals surface area contributed by atoms with Crippen molar-refractivity contribution < 1.29 is 13.3 Å². The van der Waals surface area contributed by atoms with E-state index in [0.29, 0.717) is 28.9 Å². The van der Waals surface area contributed by atoms with Crippen LogP contribution in [0.3, 0.4) is 0 Å². The van der Waals surface area contributed by atoms with E-state index in [1.165, 1.54) is 36.8 Å². The third kappa shape index (κ3) is 4.63. The molecule has 11 heteroatoms. The molecule has 0 radical (unpaired) electrons. The molecule has 0 saturated heterocycles. The molecule has 1 N–H and O–H groups in total. The summed E-state index contributed by atoms with van der Waals surface area (Å²) in [4.78, 5) is 21.3. The minimum atomic E-state index is -2.66. The van der Waals surface area contributed by atoms with Gasteiger partial charge in [0, 0.05) is 30.2 Å². The quantitative estimate of drug-likeness (QED) is 0.346. The van der Waals surface area contributed by atoms with Crippen LogP contribution in [0.25, 0.3) is 22.3 Å². The van der Waals surface area contributed by atoms with E-state index in [1.54, 1.807) is 20.3 Å². The van der Waals surface area contributed by atoms with Crippen LogP contribution in [0.1, 0.15) is 30.8 Å². The molecule has 0 unspecified atom stereocenters. The van der Waals surface area contributed by atoms with Gasteiger partial charge in [-0.25, -0.2) is 28.7 Å². The second kappa shape index (κ2) is 9.31. The number of nitrogens with zero attached hydrogens (tertiary/aromatic N) is 5. The summed E-state index contributed by atoms with van der Waals surface area (Å²) < 4.78 is 41.7. The summed E-state index contributed by atoms with van der Waals surface area (Å²) in [5, 5.41) is 3.53. The molecule has 0 saturated carbocycles. The van der Waals surface area contributed by atoms with Crippen LogP contribution in [-0.2, 0) is 4.57 Å². The fraction of sp³-hybridized carbons (Fsp3) is 0.261. The van der Waals surface area contributed by atoms with Crippen LogP contribution >= 0.6 is 18.7 Å². The number of pyridine rings is 3. The zero-order chi connectivity index (χ0) is 24.6. The Morgan fingerprint density at radius 1 is 1.12 bits per heavy atom. The number of fused-ring (bicyclic) bond motifs is 1. The van der Waals surface area contributed by atoms with E-state index in [0.717, 1.165) is 0 Å². The van der Waals surface area contributed by atoms with Gasteiger partial charge in [-0.05, 0) is 38.8 Å². The Bertz CT molecular complexity index is 1430. The van der Waals surface area contributed by atoms with Crippen LogP contribution in [0.4, 0.5) is 14.5 Å². The Labute approximate surface area is 200 Å². The number of halogens is 3. The lowest BCUT2D eigenvalue weighted by Crippen LogP contribution is -2.15. The summed E-state index contributed by atoms with van der Waals surface area (Å²) in [7, 11) is -2.66. The third-order valence-electron chi connectivity index (χ3n) is 5.26. The predicted octanol–water partition coefficient (Wildman–Crippen LogP) is 5.53. The van der Waals surface area contributed by atoms with E-state index in [2.05, 4.69) is 30.2 Å². The van der Waals surface area contributed by atoms with Crippen LogP contribution in [0.15, 0.2) is 36.8 Å². The summed E-state index contributed by atoms with van der Waals surface area (Å²) in [5.41, 5.74) is 2.18. The Kier molecular flexibility index (Phi) is 6.60. The molecule has 34 heavy (non-hydrogen) atoms. The summed E-state index contributed by atoms with van der Waals surface area (Å²) in [6, 6.07) is 3.60. The number of hydrogen-bond acceptors (Lipinski definition) is 7. The molecule has 0 aliphatic carbocycles. The van der Waals surface area contributed by atoms with Crippen molar-refractivity contribution in [3.8, 4) is 11.3 Å². The molecular weight excluding hydrogens is 481 g/mol. The van der Waals surface area contributed by atoms with Crippen molar-refractivity contribution >= 4 is 41.0 Å². The number of aromatic nitrogens is 5. The van der Waals surface area contributed by atoms with Gasteiger partial charge in [-0.2, -0.15) is 0 Å². The monoisotopic (exact) mass is 502 g/mol. The van der Waals surface area contributed by atoms with E-state index in [9.17, 15) is 8.96 Å². The van der Waals surface area contributed by atoms with Crippen molar-refractivity contribution in [1.82, 2.24) is 24.9 Å². The Morgan fingerprint density at radius 2 is 1.82 bits per heavy atom. The lowest BCUT2D eigenvalue weighted by atomic mass is 10.1. The van der Waals surface area contributed by atoms with Gasteiger partial charge >= 0.3 is 0 Å². The van der Waals surface area contributed by atoms with Crippen molar-refractivity contribution in [3.63, 3.8) is 0 Å². The van der Waals surface area contributed by atoms with Gasteiger partial charge in [0.05, 0.1) is 33.7 Å². The molecule has 4 heterocycles. The molecule has 0 aliphatic rings. The normalized spacial score (nSPS) is 12.7. The Balaban J connectivity index is 1.86. The average molecular weight is 503 g/mol. The highest BCUT2D eigenvalue weighted by Gasteiger charge is 2.22. The second-order valence-electron chi connectivity index (χ2n) is 8.17. The van der Waals surface area contributed by atoms with E-state index < -0.39 is 24.8 Å². The number of aryl methyl sites for hydroxylation is 1. The van der Waals surface area contributed by atoms with Gasteiger partial charge in [0.2, 0.25) is 0 Å². The van der Waals surface area contributed by atoms with E-state index in [1.807, 2.05) is 6.92 Å². The van der Waals surface area contributed by atoms with Crippen LogP contribution in [0.2, 0.25) is 5.02 Å². The molecule has 176 valence electrons. The summed E-state index contributed by atoms with van der Waals surface area (Å²) in [5.74, 6) is -1.07. The lowest BCUT2D eigenvalue weighted by Gasteiger charge is -2.21. The molecule has 0 aliphatic heterocycles. The summed E-state index contributed by atoms with van der Waals surface area (Å²) in [6.07, 6.45) is 4.78. The van der Waals surface area contributed by atoms with Crippen molar-refractivity contribution in [1.29, 1.82) is 0 Å². The standard InChI is InChI=1S/C23H22ClF2N6OP/c1-5-16(20-14(25)7-6-8-27-20)31-22-18(24)12(2)30-17-9-15(26)19(32-21(17)22)13-10-28-23(29-11-13)34(3,4)33/h6-11,16H,5H2,1-4H3,(H,30,31)/t16-/m0/s1. The zero-order valence-electron chi connectivity index (χ0n) is 19.0. The highest BCUT2D eigenvalue weighted by atomic mass is 35.5. The first-order valence-electron chi connectivity index (χ1n) is 10.5. The molecule has 4 aromatic rings. The van der Waals surface area contributed by atoms with Gasteiger partial charge in [-0.3, -0.25) is 4.98 Å². The summed E-state index contributed by atoms with van der Waals surface area (Å²) >= 11 is 6.58. The number of nitrogens with one attached hydrogen (secondary N) is 1. The van der Waals surface area contributed by atoms with Crippen molar-refractivity contribution in [3.05, 3.63) is 64.8 Å². The summed E-state index contributed by atoms with van der Waals surface area (Å²) in [6.45, 7) is 6.69. The topological polar surface area (TPSA) is 93.6 Å². The van der Waals surface area contributed by atoms with Gasteiger partial charge in [0.25, 0.3) is 0 Å². The van der Waals surface area contributed by atoms with Crippen LogP contribution in [-0.4, -0.2) is 38.2 Å². The first-order valence-corrected chi connectivity index (χ1v) is 13.5. The fourth-order valence-corrected chi connectivity index (χ4v) is 4.37. The van der Waals surface area contributed by atoms with Gasteiger partial charge in [0.15, 0.2) is 11.4 Å². The van der Waals surface area contributed by atoms with Crippen molar-refractivity contribution in [2.24, 2.45) is 0 Å². The number of anilines is 1. The molecule has 0 fully saturated rings. The first-order chi connectivity index (χ1) is 16.1.